The Morgan fingerprint density at radius 2 is 2.00 bits per heavy atom. The molecule has 0 saturated carbocycles. The fraction of sp³-hybridized carbons (Fsp3) is 0.562. The average molecular weight is 339 g/mol. The molecule has 1 aromatic carbocycles. The van der Waals surface area contributed by atoms with E-state index < -0.39 is 10.0 Å². The molecule has 0 radical (unpaired) electrons. The number of para-hydroxylation sites is 1. The summed E-state index contributed by atoms with van der Waals surface area (Å²) in [5.74, 6) is 0.307. The highest BCUT2D eigenvalue weighted by Crippen LogP contribution is 2.23. The van der Waals surface area contributed by atoms with E-state index >= 15 is 0 Å². The largest absolute Gasteiger partial charge is 0.334 e. The van der Waals surface area contributed by atoms with Gasteiger partial charge in [-0.2, -0.15) is 0 Å². The van der Waals surface area contributed by atoms with E-state index in [4.69, 9.17) is 0 Å². The van der Waals surface area contributed by atoms with Crippen molar-refractivity contribution in [2.24, 2.45) is 0 Å². The smallest absolute Gasteiger partial charge is 0.319 e. The summed E-state index contributed by atoms with van der Waals surface area (Å²) in [4.78, 5) is 12.2. The van der Waals surface area contributed by atoms with Gasteiger partial charge in [-0.1, -0.05) is 32.0 Å². The van der Waals surface area contributed by atoms with E-state index in [-0.39, 0.29) is 12.1 Å². The van der Waals surface area contributed by atoms with E-state index in [9.17, 15) is 13.2 Å². The number of hydrogen-bond donors (Lipinski definition) is 2. The molecular formula is C16H25N3O3S. The summed E-state index contributed by atoms with van der Waals surface area (Å²) in [6, 6.07) is 7.24. The molecule has 0 spiro atoms. The molecular weight excluding hydrogens is 314 g/mol. The number of carbonyl (C=O) groups excluding carboxylic acids is 1. The van der Waals surface area contributed by atoms with Crippen molar-refractivity contribution in [1.29, 1.82) is 0 Å². The number of piperidine rings is 1. The van der Waals surface area contributed by atoms with Gasteiger partial charge in [0.1, 0.15) is 0 Å². The summed E-state index contributed by atoms with van der Waals surface area (Å²) in [5, 5.41) is 5.75. The van der Waals surface area contributed by atoms with Crippen molar-refractivity contribution >= 4 is 21.7 Å². The van der Waals surface area contributed by atoms with Crippen LogP contribution < -0.4 is 10.6 Å². The molecule has 2 amide bonds. The molecule has 0 aromatic heterocycles. The first-order chi connectivity index (χ1) is 10.8. The molecule has 23 heavy (non-hydrogen) atoms. The van der Waals surface area contributed by atoms with Gasteiger partial charge >= 0.3 is 6.03 Å². The van der Waals surface area contributed by atoms with Crippen LogP contribution in [0.4, 0.5) is 10.5 Å². The van der Waals surface area contributed by atoms with Gasteiger partial charge in [0.05, 0.1) is 6.26 Å². The monoisotopic (exact) mass is 339 g/mol. The van der Waals surface area contributed by atoms with Crippen molar-refractivity contribution in [2.45, 2.75) is 38.6 Å². The minimum Gasteiger partial charge on any atom is -0.334 e. The molecule has 1 aliphatic rings. The molecule has 1 atom stereocenters. The van der Waals surface area contributed by atoms with Gasteiger partial charge in [-0.05, 0) is 30.4 Å². The van der Waals surface area contributed by atoms with Crippen molar-refractivity contribution in [3.8, 4) is 0 Å². The van der Waals surface area contributed by atoms with Crippen LogP contribution >= 0.6 is 0 Å². The summed E-state index contributed by atoms with van der Waals surface area (Å²) >= 11 is 0. The van der Waals surface area contributed by atoms with Crippen molar-refractivity contribution < 1.29 is 13.2 Å². The predicted octanol–water partition coefficient (Wildman–Crippen LogP) is 2.36. The lowest BCUT2D eigenvalue weighted by Crippen LogP contribution is -2.50. The molecule has 1 fully saturated rings. The fourth-order valence-corrected chi connectivity index (χ4v) is 3.73. The van der Waals surface area contributed by atoms with Crippen molar-refractivity contribution in [1.82, 2.24) is 9.62 Å². The van der Waals surface area contributed by atoms with Crippen molar-refractivity contribution in [3.63, 3.8) is 0 Å². The third-order valence-electron chi connectivity index (χ3n) is 4.02. The maximum Gasteiger partial charge on any atom is 0.319 e. The molecule has 1 aromatic rings. The first-order valence-electron chi connectivity index (χ1n) is 7.89. The second-order valence-electron chi connectivity index (χ2n) is 6.30. The number of hydrogen-bond acceptors (Lipinski definition) is 3. The Bertz CT molecular complexity index is 658. The zero-order chi connectivity index (χ0) is 17.0. The molecule has 1 heterocycles. The van der Waals surface area contributed by atoms with Gasteiger partial charge in [0, 0.05) is 24.8 Å². The fourth-order valence-electron chi connectivity index (χ4n) is 2.82. The molecule has 6 nitrogen and oxygen atoms in total. The van der Waals surface area contributed by atoms with Gasteiger partial charge in [-0.3, -0.25) is 0 Å². The number of nitrogens with one attached hydrogen (secondary N) is 2. The quantitative estimate of drug-likeness (QED) is 0.884. The molecule has 1 aliphatic heterocycles. The molecule has 128 valence electrons. The average Bonchev–Trinajstić information content (AvgIpc) is 2.46. The lowest BCUT2D eigenvalue weighted by atomic mass is 10.0. The summed E-state index contributed by atoms with van der Waals surface area (Å²) in [6.45, 7) is 5.00. The third-order valence-corrected chi connectivity index (χ3v) is 5.29. The van der Waals surface area contributed by atoms with E-state index in [2.05, 4.69) is 24.5 Å². The van der Waals surface area contributed by atoms with Crippen LogP contribution in [0.2, 0.25) is 0 Å². The van der Waals surface area contributed by atoms with Crippen LogP contribution in [0.5, 0.6) is 0 Å². The minimum atomic E-state index is -3.21. The van der Waals surface area contributed by atoms with E-state index in [1.165, 1.54) is 10.6 Å². The predicted molar refractivity (Wildman–Crippen MR) is 92.1 cm³/mol. The van der Waals surface area contributed by atoms with Crippen LogP contribution in [0, 0.1) is 0 Å². The van der Waals surface area contributed by atoms with Crippen molar-refractivity contribution in [2.75, 3.05) is 24.7 Å². The second kappa shape index (κ2) is 7.31. The Labute approximate surface area is 138 Å². The zero-order valence-electron chi connectivity index (χ0n) is 13.9. The summed E-state index contributed by atoms with van der Waals surface area (Å²) in [7, 11) is -3.21. The molecule has 7 heteroatoms. The lowest BCUT2D eigenvalue weighted by Gasteiger charge is -2.31. The van der Waals surface area contributed by atoms with Gasteiger partial charge in [0.15, 0.2) is 0 Å². The van der Waals surface area contributed by atoms with Gasteiger partial charge in [-0.15, -0.1) is 0 Å². The van der Waals surface area contributed by atoms with Crippen LogP contribution in [0.25, 0.3) is 0 Å². The van der Waals surface area contributed by atoms with Crippen LogP contribution in [-0.2, 0) is 10.0 Å². The van der Waals surface area contributed by atoms with E-state index in [0.717, 1.165) is 24.1 Å². The van der Waals surface area contributed by atoms with E-state index in [1.54, 1.807) is 0 Å². The molecule has 2 N–H and O–H groups in total. The maximum absolute atomic E-state index is 12.2. The number of carbonyl (C=O) groups is 1. The Hall–Kier alpha value is -1.60. The maximum atomic E-state index is 12.2. The first-order valence-corrected chi connectivity index (χ1v) is 9.73. The number of nitrogens with zero attached hydrogens (tertiary/aromatic N) is 1. The molecule has 0 bridgehead atoms. The Kier molecular flexibility index (Phi) is 5.64. The van der Waals surface area contributed by atoms with Gasteiger partial charge in [-0.25, -0.2) is 17.5 Å². The highest BCUT2D eigenvalue weighted by Gasteiger charge is 2.26. The minimum absolute atomic E-state index is 0.162. The van der Waals surface area contributed by atoms with Crippen LogP contribution in [0.3, 0.4) is 0 Å². The summed E-state index contributed by atoms with van der Waals surface area (Å²) in [5.41, 5.74) is 1.86. The van der Waals surface area contributed by atoms with E-state index in [0.29, 0.717) is 19.0 Å². The Morgan fingerprint density at radius 3 is 2.65 bits per heavy atom. The first kappa shape index (κ1) is 17.7. The molecule has 1 unspecified atom stereocenters. The lowest BCUT2D eigenvalue weighted by molar-refractivity contribution is 0.236. The number of rotatable bonds is 4. The van der Waals surface area contributed by atoms with Gasteiger partial charge < -0.3 is 10.6 Å². The number of amides is 2. The molecule has 0 aliphatic carbocycles. The number of urea groups is 1. The summed E-state index contributed by atoms with van der Waals surface area (Å²) < 4.78 is 24.7. The van der Waals surface area contributed by atoms with Gasteiger partial charge in [0.25, 0.3) is 0 Å². The number of benzene rings is 1. The van der Waals surface area contributed by atoms with Crippen LogP contribution in [0.15, 0.2) is 24.3 Å². The zero-order valence-corrected chi connectivity index (χ0v) is 14.7. The normalized spacial score (nSPS) is 19.6. The Morgan fingerprint density at radius 1 is 1.30 bits per heavy atom. The van der Waals surface area contributed by atoms with E-state index in [1.807, 2.05) is 24.3 Å². The van der Waals surface area contributed by atoms with Crippen molar-refractivity contribution in [3.05, 3.63) is 29.8 Å². The van der Waals surface area contributed by atoms with Crippen LogP contribution in [0.1, 0.15) is 38.2 Å². The molecule has 1 saturated heterocycles. The highest BCUT2D eigenvalue weighted by molar-refractivity contribution is 7.88. The number of anilines is 1. The second-order valence-corrected chi connectivity index (χ2v) is 8.28. The number of sulfonamides is 1. The standard InChI is InChI=1S/C16H25N3O3S/c1-12(2)14-8-4-5-9-15(14)18-16(20)17-13-7-6-10-19(11-13)23(3,21)22/h4-5,8-9,12-13H,6-7,10-11H2,1-3H3,(H2,17,18,20). The topological polar surface area (TPSA) is 78.5 Å². The Balaban J connectivity index is 1.98. The van der Waals surface area contributed by atoms with Gasteiger partial charge in [0.2, 0.25) is 10.0 Å². The molecule has 2 rings (SSSR count). The third kappa shape index (κ3) is 4.94. The summed E-state index contributed by atoms with van der Waals surface area (Å²) in [6.07, 6.45) is 2.74. The SMILES string of the molecule is CC(C)c1ccccc1NC(=O)NC1CCCN(S(C)(=O)=O)C1. The van der Waals surface area contributed by atoms with Crippen LogP contribution in [-0.4, -0.2) is 44.1 Å². The highest BCUT2D eigenvalue weighted by atomic mass is 32.2.